The molecule has 0 N–H and O–H groups in total. The van der Waals surface area contributed by atoms with Crippen molar-refractivity contribution >= 4 is 0 Å². The summed E-state index contributed by atoms with van der Waals surface area (Å²) in [5.41, 5.74) is 4.64. The summed E-state index contributed by atoms with van der Waals surface area (Å²) >= 11 is 0. The molecule has 0 radical (unpaired) electrons. The van der Waals surface area contributed by atoms with Gasteiger partial charge in [0, 0.05) is 5.56 Å². The summed E-state index contributed by atoms with van der Waals surface area (Å²) in [6, 6.07) is 23.1. The minimum Gasteiger partial charge on any atom is -0.405 e. The number of hydrogen-bond donors (Lipinski definition) is 0. The van der Waals surface area contributed by atoms with Crippen molar-refractivity contribution in [2.24, 2.45) is 5.92 Å². The molecule has 31 heavy (non-hydrogen) atoms. The Hall–Kier alpha value is -2.75. The molecule has 3 aromatic carbocycles. The van der Waals surface area contributed by atoms with Crippen LogP contribution in [0.15, 0.2) is 72.8 Å². The van der Waals surface area contributed by atoms with Crippen LogP contribution < -0.4 is 4.74 Å². The summed E-state index contributed by atoms with van der Waals surface area (Å²) in [7, 11) is 0. The van der Waals surface area contributed by atoms with Gasteiger partial charge in [0.1, 0.15) is 5.75 Å². The highest BCUT2D eigenvalue weighted by Gasteiger charge is 2.34. The van der Waals surface area contributed by atoms with Gasteiger partial charge in [-0.3, -0.25) is 0 Å². The summed E-state index contributed by atoms with van der Waals surface area (Å²) in [5.74, 6) is 0.683. The Balaban J connectivity index is 1.72. The quantitative estimate of drug-likeness (QED) is 0.398. The normalized spacial score (nSPS) is 19.2. The van der Waals surface area contributed by atoms with Crippen LogP contribution in [0.3, 0.4) is 0 Å². The van der Waals surface area contributed by atoms with Gasteiger partial charge in [0.2, 0.25) is 0 Å². The van der Waals surface area contributed by atoms with E-state index in [0.29, 0.717) is 11.5 Å². The molecule has 4 heteroatoms. The average molecular weight is 425 g/mol. The zero-order chi connectivity index (χ0) is 21.8. The van der Waals surface area contributed by atoms with Gasteiger partial charge >= 0.3 is 6.36 Å². The third kappa shape index (κ3) is 5.12. The first-order chi connectivity index (χ1) is 14.9. The minimum absolute atomic E-state index is 0.0583. The van der Waals surface area contributed by atoms with E-state index in [0.717, 1.165) is 54.4 Å². The molecule has 0 amide bonds. The summed E-state index contributed by atoms with van der Waals surface area (Å²) in [5, 5.41) is 0. The molecule has 0 atom stereocenters. The van der Waals surface area contributed by atoms with Crippen molar-refractivity contribution < 1.29 is 17.9 Å². The first-order valence-electron chi connectivity index (χ1n) is 11.0. The lowest BCUT2D eigenvalue weighted by atomic mass is 9.75. The Morgan fingerprint density at radius 2 is 1.35 bits per heavy atom. The molecular formula is C27H27F3O. The standard InChI is InChI=1S/C27H27F3O/c1-2-19-11-13-23(14-12-19)26-24(9-6-10-25(26)31-27(28,29)30)22-17-15-21(16-18-22)20-7-4-3-5-8-20/h3-10,15-19,23H,2,11-14H2,1H3. The van der Waals surface area contributed by atoms with E-state index < -0.39 is 6.36 Å². The first kappa shape index (κ1) is 21.5. The second-order valence-corrected chi connectivity index (χ2v) is 8.33. The Morgan fingerprint density at radius 3 is 1.97 bits per heavy atom. The van der Waals surface area contributed by atoms with Gasteiger partial charge in [0.25, 0.3) is 0 Å². The molecule has 0 unspecified atom stereocenters. The van der Waals surface area contributed by atoms with Crippen LogP contribution in [0.5, 0.6) is 5.75 Å². The summed E-state index contributed by atoms with van der Waals surface area (Å²) in [4.78, 5) is 0. The van der Waals surface area contributed by atoms with Gasteiger partial charge in [0.05, 0.1) is 0 Å². The maximum atomic E-state index is 13.2. The van der Waals surface area contributed by atoms with Gasteiger partial charge in [-0.15, -0.1) is 13.2 Å². The van der Waals surface area contributed by atoms with Crippen molar-refractivity contribution in [3.63, 3.8) is 0 Å². The lowest BCUT2D eigenvalue weighted by molar-refractivity contribution is -0.275. The van der Waals surface area contributed by atoms with Crippen LogP contribution in [0, 0.1) is 5.92 Å². The molecule has 1 saturated carbocycles. The van der Waals surface area contributed by atoms with Gasteiger partial charge in [-0.25, -0.2) is 0 Å². The molecule has 1 aliphatic carbocycles. The fourth-order valence-corrected chi connectivity index (χ4v) is 4.76. The van der Waals surface area contributed by atoms with Crippen LogP contribution >= 0.6 is 0 Å². The summed E-state index contributed by atoms with van der Waals surface area (Å²) < 4.78 is 44.0. The fourth-order valence-electron chi connectivity index (χ4n) is 4.76. The predicted octanol–water partition coefficient (Wildman–Crippen LogP) is 8.60. The molecule has 0 bridgehead atoms. The highest BCUT2D eigenvalue weighted by Crippen LogP contribution is 2.46. The topological polar surface area (TPSA) is 9.23 Å². The third-order valence-corrected chi connectivity index (χ3v) is 6.43. The molecule has 0 aliphatic heterocycles. The zero-order valence-electron chi connectivity index (χ0n) is 17.7. The molecule has 0 spiro atoms. The lowest BCUT2D eigenvalue weighted by Gasteiger charge is -2.31. The molecule has 4 rings (SSSR count). The van der Waals surface area contributed by atoms with Crippen molar-refractivity contribution in [2.75, 3.05) is 0 Å². The molecule has 3 aromatic rings. The van der Waals surface area contributed by atoms with Crippen LogP contribution in [-0.2, 0) is 0 Å². The van der Waals surface area contributed by atoms with Gasteiger partial charge in [-0.05, 0) is 65.8 Å². The molecule has 1 fully saturated rings. The second-order valence-electron chi connectivity index (χ2n) is 8.33. The Morgan fingerprint density at radius 1 is 0.742 bits per heavy atom. The van der Waals surface area contributed by atoms with Crippen molar-refractivity contribution in [3.8, 4) is 28.0 Å². The predicted molar refractivity (Wildman–Crippen MR) is 119 cm³/mol. The van der Waals surface area contributed by atoms with Crippen molar-refractivity contribution in [1.82, 2.24) is 0 Å². The number of rotatable bonds is 5. The Bertz CT molecular complexity index is 985. The largest absolute Gasteiger partial charge is 0.573 e. The van der Waals surface area contributed by atoms with E-state index in [-0.39, 0.29) is 11.7 Å². The van der Waals surface area contributed by atoms with Crippen LogP contribution in [0.4, 0.5) is 13.2 Å². The Kier molecular flexibility index (Phi) is 6.35. The minimum atomic E-state index is -4.70. The van der Waals surface area contributed by atoms with Crippen molar-refractivity contribution in [1.29, 1.82) is 0 Å². The van der Waals surface area contributed by atoms with Crippen LogP contribution in [0.25, 0.3) is 22.3 Å². The van der Waals surface area contributed by atoms with E-state index in [1.54, 1.807) is 6.07 Å². The molecule has 1 nitrogen and oxygen atoms in total. The van der Waals surface area contributed by atoms with Crippen LogP contribution in [0.1, 0.15) is 50.5 Å². The number of ether oxygens (including phenoxy) is 1. The molecule has 162 valence electrons. The number of alkyl halides is 3. The van der Waals surface area contributed by atoms with Gasteiger partial charge in [-0.2, -0.15) is 0 Å². The molecule has 0 heterocycles. The molecule has 0 saturated heterocycles. The average Bonchev–Trinajstić information content (AvgIpc) is 2.79. The zero-order valence-corrected chi connectivity index (χ0v) is 17.7. The van der Waals surface area contributed by atoms with E-state index >= 15 is 0 Å². The SMILES string of the molecule is CCC1CCC(c2c(OC(F)(F)F)cccc2-c2ccc(-c3ccccc3)cc2)CC1. The van der Waals surface area contributed by atoms with Crippen molar-refractivity contribution in [3.05, 3.63) is 78.4 Å². The van der Waals surface area contributed by atoms with Gasteiger partial charge in [-0.1, -0.05) is 80.1 Å². The van der Waals surface area contributed by atoms with E-state index in [1.165, 1.54) is 6.07 Å². The Labute approximate surface area is 181 Å². The molecular weight excluding hydrogens is 397 g/mol. The lowest BCUT2D eigenvalue weighted by Crippen LogP contribution is -2.20. The highest BCUT2D eigenvalue weighted by atomic mass is 19.4. The second kappa shape index (κ2) is 9.17. The molecule has 1 aliphatic rings. The van der Waals surface area contributed by atoms with Crippen molar-refractivity contribution in [2.45, 2.75) is 51.3 Å². The monoisotopic (exact) mass is 424 g/mol. The number of halogens is 3. The first-order valence-corrected chi connectivity index (χ1v) is 11.0. The van der Waals surface area contributed by atoms with Crippen LogP contribution in [-0.4, -0.2) is 6.36 Å². The number of hydrogen-bond acceptors (Lipinski definition) is 1. The van der Waals surface area contributed by atoms with Gasteiger partial charge < -0.3 is 4.74 Å². The summed E-state index contributed by atoms with van der Waals surface area (Å²) in [6.45, 7) is 2.19. The molecule has 0 aromatic heterocycles. The summed E-state index contributed by atoms with van der Waals surface area (Å²) in [6.07, 6.45) is 0.311. The van der Waals surface area contributed by atoms with E-state index in [4.69, 9.17) is 0 Å². The maximum Gasteiger partial charge on any atom is 0.573 e. The fraction of sp³-hybridized carbons (Fsp3) is 0.333. The van der Waals surface area contributed by atoms with Crippen LogP contribution in [0.2, 0.25) is 0 Å². The van der Waals surface area contributed by atoms with E-state index in [1.807, 2.05) is 60.7 Å². The van der Waals surface area contributed by atoms with E-state index in [2.05, 4.69) is 11.7 Å². The number of benzene rings is 3. The maximum absolute atomic E-state index is 13.2. The van der Waals surface area contributed by atoms with Gasteiger partial charge in [0.15, 0.2) is 0 Å². The third-order valence-electron chi connectivity index (χ3n) is 6.43. The smallest absolute Gasteiger partial charge is 0.405 e. The highest BCUT2D eigenvalue weighted by molar-refractivity contribution is 5.74. The van der Waals surface area contributed by atoms with E-state index in [9.17, 15) is 13.2 Å².